The third kappa shape index (κ3) is 26.3. The number of fused-ring (bicyclic) bond motifs is 2. The van der Waals surface area contributed by atoms with Crippen LogP contribution in [0.4, 0.5) is 31.4 Å². The van der Waals surface area contributed by atoms with Crippen molar-refractivity contribution in [2.24, 2.45) is 5.84 Å². The Morgan fingerprint density at radius 2 is 1.04 bits per heavy atom. The van der Waals surface area contributed by atoms with E-state index in [0.717, 1.165) is 5.69 Å². The number of halogens is 3. The number of nitrogens with two attached hydrogens (primary N) is 2. The molecule has 0 radical (unpaired) electrons. The van der Waals surface area contributed by atoms with Gasteiger partial charge >= 0.3 is 35.8 Å². The molecule has 0 aliphatic rings. The third-order valence-electron chi connectivity index (χ3n) is 10.6. The fourth-order valence-electron chi connectivity index (χ4n) is 6.94. The number of nitrogen functional groups attached to an aromatic ring is 2. The molecule has 0 saturated carbocycles. The van der Waals surface area contributed by atoms with Gasteiger partial charge in [0.05, 0.1) is 33.1 Å². The monoisotopic (exact) mass is 1280 g/mol. The molecule has 2 heterocycles. The number of hydrazine groups is 1. The fraction of sp³-hybridized carbons (Fsp3) is 0.286. The Labute approximate surface area is 529 Å². The molecule has 0 aliphatic carbocycles. The number of alkyl carbamates (subject to hydrolysis) is 3. The summed E-state index contributed by atoms with van der Waals surface area (Å²) in [6.07, 6.45) is 13.8. The summed E-state index contributed by atoms with van der Waals surface area (Å²) >= 11 is 17.6. The van der Waals surface area contributed by atoms with E-state index in [2.05, 4.69) is 54.5 Å². The quantitative estimate of drug-likeness (QED) is 0.0170. The molecule has 3 amide bonds. The zero-order valence-electron chi connectivity index (χ0n) is 50.1. The number of rotatable bonds is 13. The number of ether oxygens (including phenoxy) is 3. The molecule has 23 nitrogen and oxygen atoms in total. The standard InChI is InChI=1S/C23H23ClN4O3.C17H17ClN2O4.C10H15NO4.C7H6ClNO2.C6H8N2/c1-5-9-18(26-22(30)31-23(2,3)4)20-25-19-14-15(24)12-13-17(19)21(29)28(20)27-16-10-7-6-8-11-16;1-5-6-12(20-16(22)24-17(2,3)4)14-19-13-9-10(18)7-8-11(13)15(21)23-14;1-5-6-7(8(12)13)11-9(14)15-10(2,3)4;8-4-1-2-5(7(10)11)6(9)3-4;7-8-6-4-2-1-3-5-6/h1,6-8,10-14,18,27H,9H2,2-4H3,(H,26,30);1,7-9,12H,6H2,2-4H3,(H,20,22);1,7H,6H2,2-4H3,(H,11,14)(H,12,13);1-3H,9H2,(H,10,11);1-5,8H,7H2/t18-;12-;7-;;/m111../s1. The predicted octanol–water partition coefficient (Wildman–Crippen LogP) is 11.5. The summed E-state index contributed by atoms with van der Waals surface area (Å²) in [5.74, 6) is 10.2. The number of amides is 3. The molecule has 3 atom stereocenters. The molecule has 0 fully saturated rings. The highest BCUT2D eigenvalue weighted by Crippen LogP contribution is 2.24. The SMILES string of the molecule is C#CC[C@@H](NC(=O)OC(C)(C)C)C(=O)O.C#CC[C@@H](NC(=O)OC(C)(C)C)c1nc2cc(Cl)ccc2c(=O)n1Nc1ccccc1.C#CC[C@@H](NC(=O)OC(C)(C)C)c1nc2cc(Cl)ccc2c(=O)o1.NNc1ccccc1.Nc1cc(Cl)ccc1C(=O)O. The Balaban J connectivity index is 0.000000315. The summed E-state index contributed by atoms with van der Waals surface area (Å²) < 4.78 is 21.9. The molecule has 89 heavy (non-hydrogen) atoms. The maximum Gasteiger partial charge on any atom is 0.408 e. The number of carbonyl (C=O) groups is 5. The van der Waals surface area contributed by atoms with Gasteiger partial charge in [0.15, 0.2) is 5.82 Å². The zero-order valence-corrected chi connectivity index (χ0v) is 52.3. The number of benzene rings is 5. The molecule has 0 aliphatic heterocycles. The largest absolute Gasteiger partial charge is 0.480 e. The summed E-state index contributed by atoms with van der Waals surface area (Å²) in [5, 5.41) is 26.6. The number of nitrogens with one attached hydrogen (secondary N) is 5. The van der Waals surface area contributed by atoms with Crippen LogP contribution in [0.2, 0.25) is 15.1 Å². The number of aromatic carboxylic acids is 1. The molecule has 0 spiro atoms. The van der Waals surface area contributed by atoms with Crippen molar-refractivity contribution in [3.05, 3.63) is 168 Å². The smallest absolute Gasteiger partial charge is 0.408 e. The van der Waals surface area contributed by atoms with E-state index in [-0.39, 0.29) is 47.8 Å². The minimum atomic E-state index is -1.18. The molecule has 26 heteroatoms. The predicted molar refractivity (Wildman–Crippen MR) is 344 cm³/mol. The molecule has 0 saturated heterocycles. The Bertz CT molecular complexity index is 3830. The van der Waals surface area contributed by atoms with Gasteiger partial charge in [-0.1, -0.05) is 71.2 Å². The minimum Gasteiger partial charge on any atom is -0.480 e. The summed E-state index contributed by atoms with van der Waals surface area (Å²) in [7, 11) is 0. The average Bonchev–Trinajstić information content (AvgIpc) is 1.45. The highest BCUT2D eigenvalue weighted by molar-refractivity contribution is 6.31. The number of anilines is 3. The van der Waals surface area contributed by atoms with E-state index in [9.17, 15) is 33.6 Å². The van der Waals surface area contributed by atoms with Gasteiger partial charge < -0.3 is 56.0 Å². The van der Waals surface area contributed by atoms with Gasteiger partial charge in [-0.15, -0.1) is 37.0 Å². The number of aromatic nitrogens is 3. The van der Waals surface area contributed by atoms with Crippen molar-refractivity contribution >= 4 is 104 Å². The second-order valence-electron chi connectivity index (χ2n) is 21.5. The van der Waals surface area contributed by atoms with Gasteiger partial charge in [0.1, 0.15) is 34.9 Å². The van der Waals surface area contributed by atoms with Crippen LogP contribution in [0.5, 0.6) is 0 Å². The molecule has 0 unspecified atom stereocenters. The summed E-state index contributed by atoms with van der Waals surface area (Å²) in [4.78, 5) is 90.9. The van der Waals surface area contributed by atoms with Gasteiger partial charge in [-0.25, -0.2) is 43.4 Å². The normalized spacial score (nSPS) is 11.6. The van der Waals surface area contributed by atoms with Crippen LogP contribution < -0.4 is 49.6 Å². The van der Waals surface area contributed by atoms with Gasteiger partial charge in [-0.3, -0.25) is 16.1 Å². The molecule has 2 aromatic heterocycles. The first kappa shape index (κ1) is 73.3. The number of nitrogens with zero attached hydrogens (tertiary/aromatic N) is 3. The topological polar surface area (TPSA) is 344 Å². The molecular formula is C63H69Cl3N10O13. The van der Waals surface area contributed by atoms with E-state index in [1.165, 1.54) is 35.0 Å². The maximum atomic E-state index is 13.3. The highest BCUT2D eigenvalue weighted by atomic mass is 35.5. The number of hydrogen-bond acceptors (Lipinski definition) is 17. The van der Waals surface area contributed by atoms with E-state index >= 15 is 0 Å². The zero-order chi connectivity index (χ0) is 66.8. The third-order valence-corrected chi connectivity index (χ3v) is 11.3. The summed E-state index contributed by atoms with van der Waals surface area (Å²) in [6.45, 7) is 15.5. The molecule has 0 bridgehead atoms. The van der Waals surface area contributed by atoms with Crippen LogP contribution in [0.3, 0.4) is 0 Å². The van der Waals surface area contributed by atoms with E-state index in [1.807, 2.05) is 48.5 Å². The number of carbonyl (C=O) groups excluding carboxylic acids is 3. The maximum absolute atomic E-state index is 13.3. The van der Waals surface area contributed by atoms with Crippen LogP contribution in [0.15, 0.2) is 129 Å². The lowest BCUT2D eigenvalue weighted by Crippen LogP contribution is -2.43. The van der Waals surface area contributed by atoms with Crippen molar-refractivity contribution in [2.75, 3.05) is 16.6 Å². The lowest BCUT2D eigenvalue weighted by atomic mass is 10.1. The van der Waals surface area contributed by atoms with E-state index in [4.69, 9.17) is 94.5 Å². The first-order chi connectivity index (χ1) is 41.7. The second kappa shape index (κ2) is 34.4. The van der Waals surface area contributed by atoms with Crippen molar-refractivity contribution in [3.63, 3.8) is 0 Å². The summed E-state index contributed by atoms with van der Waals surface area (Å²) in [5.41, 5.74) is 10.6. The van der Waals surface area contributed by atoms with E-state index in [1.54, 1.807) is 98.7 Å². The number of hydrogen-bond donors (Lipinski definition) is 9. The fourth-order valence-corrected chi connectivity index (χ4v) is 7.46. The molecule has 11 N–H and O–H groups in total. The van der Waals surface area contributed by atoms with Crippen LogP contribution in [0.25, 0.3) is 21.8 Å². The molecule has 7 aromatic rings. The van der Waals surface area contributed by atoms with Crippen LogP contribution in [0, 0.1) is 37.0 Å². The van der Waals surface area contributed by atoms with E-state index in [0.29, 0.717) is 42.6 Å². The number of aliphatic carboxylic acids is 1. The Hall–Kier alpha value is -9.96. The molecule has 7 rings (SSSR count). The number of terminal acetylenes is 3. The van der Waals surface area contributed by atoms with Crippen molar-refractivity contribution in [3.8, 4) is 37.0 Å². The van der Waals surface area contributed by atoms with Crippen molar-refractivity contribution in [1.29, 1.82) is 0 Å². The van der Waals surface area contributed by atoms with Gasteiger partial charge in [-0.2, -0.15) is 0 Å². The van der Waals surface area contributed by atoms with Crippen LogP contribution in [-0.2, 0) is 19.0 Å². The first-order valence-electron chi connectivity index (χ1n) is 26.6. The Morgan fingerprint density at radius 1 is 0.607 bits per heavy atom. The van der Waals surface area contributed by atoms with Crippen molar-refractivity contribution < 1.29 is 52.8 Å². The number of carboxylic acids is 2. The Kier molecular flexibility index (Phi) is 28.3. The number of carboxylic acid groups (broad SMARTS) is 2. The molecule has 470 valence electrons. The highest BCUT2D eigenvalue weighted by Gasteiger charge is 2.27. The molecular weight excluding hydrogens is 1210 g/mol. The summed E-state index contributed by atoms with van der Waals surface area (Å²) in [6, 6.07) is 29.8. The van der Waals surface area contributed by atoms with Crippen LogP contribution >= 0.6 is 34.8 Å². The van der Waals surface area contributed by atoms with Gasteiger partial charge in [0, 0.05) is 45.7 Å². The second-order valence-corrected chi connectivity index (χ2v) is 22.8. The van der Waals surface area contributed by atoms with Crippen LogP contribution in [-0.4, -0.2) is 77.9 Å². The lowest BCUT2D eigenvalue weighted by Gasteiger charge is -2.24. The van der Waals surface area contributed by atoms with Gasteiger partial charge in [0.2, 0.25) is 5.89 Å². The molecule has 5 aromatic carbocycles. The minimum absolute atomic E-state index is 0.00132. The lowest BCUT2D eigenvalue weighted by molar-refractivity contribution is -0.139. The van der Waals surface area contributed by atoms with Crippen LogP contribution in [0.1, 0.15) is 116 Å². The van der Waals surface area contributed by atoms with Crippen molar-refractivity contribution in [1.82, 2.24) is 30.6 Å². The Morgan fingerprint density at radius 3 is 1.49 bits per heavy atom. The van der Waals surface area contributed by atoms with Gasteiger partial charge in [-0.05, 0) is 141 Å². The van der Waals surface area contributed by atoms with E-state index < -0.39 is 70.8 Å². The van der Waals surface area contributed by atoms with Crippen molar-refractivity contribution in [2.45, 2.75) is 117 Å². The average molecular weight is 1280 g/mol. The first-order valence-corrected chi connectivity index (χ1v) is 27.8. The number of para-hydroxylation sites is 2. The van der Waals surface area contributed by atoms with Gasteiger partial charge in [0.25, 0.3) is 5.56 Å².